The summed E-state index contributed by atoms with van der Waals surface area (Å²) >= 11 is 0. The summed E-state index contributed by atoms with van der Waals surface area (Å²) in [4.78, 5) is 13.1. The molecule has 0 aliphatic carbocycles. The third-order valence-electron chi connectivity index (χ3n) is 2.95. The molecule has 0 saturated heterocycles. The summed E-state index contributed by atoms with van der Waals surface area (Å²) in [5, 5.41) is 9.07. The second-order valence-corrected chi connectivity index (χ2v) is 5.42. The highest BCUT2D eigenvalue weighted by molar-refractivity contribution is 5.70. The van der Waals surface area contributed by atoms with Gasteiger partial charge in [0.1, 0.15) is 0 Å². The van der Waals surface area contributed by atoms with E-state index in [1.165, 1.54) is 11.1 Å². The molecule has 0 aliphatic heterocycles. The van der Waals surface area contributed by atoms with Crippen molar-refractivity contribution in [1.82, 2.24) is 0 Å². The van der Waals surface area contributed by atoms with Crippen molar-refractivity contribution in [2.75, 3.05) is 18.0 Å². The molecule has 0 saturated carbocycles. The van der Waals surface area contributed by atoms with Crippen LogP contribution < -0.4 is 4.90 Å². The van der Waals surface area contributed by atoms with Gasteiger partial charge in [0.15, 0.2) is 0 Å². The number of carboxylic acids is 1. The molecule has 1 unspecified atom stereocenters. The molecule has 0 aliphatic rings. The van der Waals surface area contributed by atoms with Gasteiger partial charge < -0.3 is 10.0 Å². The molecule has 0 fully saturated rings. The summed E-state index contributed by atoms with van der Waals surface area (Å²) in [6, 6.07) is 6.29. The maximum absolute atomic E-state index is 11.0. The van der Waals surface area contributed by atoms with E-state index < -0.39 is 11.9 Å². The number of rotatable bonds is 6. The van der Waals surface area contributed by atoms with Crippen LogP contribution in [-0.4, -0.2) is 24.2 Å². The van der Waals surface area contributed by atoms with Gasteiger partial charge in [-0.05, 0) is 44.0 Å². The zero-order chi connectivity index (χ0) is 14.6. The Balaban J connectivity index is 3.01. The van der Waals surface area contributed by atoms with E-state index in [0.717, 1.165) is 11.3 Å². The van der Waals surface area contributed by atoms with Crippen LogP contribution in [0.3, 0.4) is 0 Å². The second kappa shape index (κ2) is 6.41. The van der Waals surface area contributed by atoms with Gasteiger partial charge in [-0.2, -0.15) is 0 Å². The zero-order valence-electron chi connectivity index (χ0n) is 12.2. The molecule has 1 N–H and O–H groups in total. The summed E-state index contributed by atoms with van der Waals surface area (Å²) in [6.45, 7) is 12.9. The third kappa shape index (κ3) is 4.78. The van der Waals surface area contributed by atoms with Crippen LogP contribution in [0.15, 0.2) is 30.4 Å². The number of benzene rings is 1. The van der Waals surface area contributed by atoms with Gasteiger partial charge in [-0.15, -0.1) is 0 Å². The number of anilines is 1. The minimum absolute atomic E-state index is 0.403. The van der Waals surface area contributed by atoms with Crippen molar-refractivity contribution in [3.8, 4) is 0 Å². The van der Waals surface area contributed by atoms with E-state index >= 15 is 0 Å². The molecular formula is C16H23NO2. The molecule has 3 nitrogen and oxygen atoms in total. The molecule has 1 rings (SSSR count). The Labute approximate surface area is 115 Å². The standard InChI is InChI=1S/C16H23NO2/c1-11(2)9-17(10-14(5)16(18)19)15-7-12(3)6-13(4)8-15/h6-8,14H,1,9-10H2,2-5H3,(H,18,19). The van der Waals surface area contributed by atoms with E-state index in [9.17, 15) is 4.79 Å². The van der Waals surface area contributed by atoms with Crippen molar-refractivity contribution in [3.63, 3.8) is 0 Å². The lowest BCUT2D eigenvalue weighted by molar-refractivity contribution is -0.140. The van der Waals surface area contributed by atoms with Crippen molar-refractivity contribution in [2.45, 2.75) is 27.7 Å². The molecule has 1 atom stereocenters. The second-order valence-electron chi connectivity index (χ2n) is 5.42. The first-order valence-electron chi connectivity index (χ1n) is 6.50. The Bertz CT molecular complexity index is 459. The SMILES string of the molecule is C=C(C)CN(CC(C)C(=O)O)c1cc(C)cc(C)c1. The van der Waals surface area contributed by atoms with Gasteiger partial charge in [-0.25, -0.2) is 0 Å². The van der Waals surface area contributed by atoms with Crippen LogP contribution in [0.1, 0.15) is 25.0 Å². The van der Waals surface area contributed by atoms with Gasteiger partial charge in [0, 0.05) is 18.8 Å². The van der Waals surface area contributed by atoms with Crippen LogP contribution in [0.4, 0.5) is 5.69 Å². The van der Waals surface area contributed by atoms with Crippen LogP contribution in [0, 0.1) is 19.8 Å². The van der Waals surface area contributed by atoms with Crippen LogP contribution in [0.5, 0.6) is 0 Å². The van der Waals surface area contributed by atoms with Gasteiger partial charge in [-0.3, -0.25) is 4.79 Å². The highest BCUT2D eigenvalue weighted by atomic mass is 16.4. The minimum Gasteiger partial charge on any atom is -0.481 e. The number of aryl methyl sites for hydroxylation is 2. The monoisotopic (exact) mass is 261 g/mol. The number of carbonyl (C=O) groups is 1. The maximum atomic E-state index is 11.0. The highest BCUT2D eigenvalue weighted by Crippen LogP contribution is 2.21. The van der Waals surface area contributed by atoms with E-state index in [2.05, 4.69) is 43.5 Å². The Morgan fingerprint density at radius 1 is 1.32 bits per heavy atom. The van der Waals surface area contributed by atoms with Gasteiger partial charge in [-0.1, -0.05) is 25.1 Å². The number of hydrogen-bond acceptors (Lipinski definition) is 2. The quantitative estimate of drug-likeness (QED) is 0.798. The molecule has 19 heavy (non-hydrogen) atoms. The van der Waals surface area contributed by atoms with Crippen LogP contribution >= 0.6 is 0 Å². The van der Waals surface area contributed by atoms with Gasteiger partial charge in [0.2, 0.25) is 0 Å². The summed E-state index contributed by atoms with van der Waals surface area (Å²) in [5.41, 5.74) is 4.46. The van der Waals surface area contributed by atoms with Crippen molar-refractivity contribution < 1.29 is 9.90 Å². The molecule has 1 aromatic rings. The number of hydrogen-bond donors (Lipinski definition) is 1. The summed E-state index contributed by atoms with van der Waals surface area (Å²) in [6.07, 6.45) is 0. The van der Waals surface area contributed by atoms with Crippen LogP contribution in [0.25, 0.3) is 0 Å². The van der Waals surface area contributed by atoms with E-state index in [-0.39, 0.29) is 0 Å². The van der Waals surface area contributed by atoms with Gasteiger partial charge >= 0.3 is 5.97 Å². The average molecular weight is 261 g/mol. The van der Waals surface area contributed by atoms with E-state index in [4.69, 9.17) is 5.11 Å². The minimum atomic E-state index is -0.768. The normalized spacial score (nSPS) is 12.0. The summed E-state index contributed by atoms with van der Waals surface area (Å²) in [5.74, 6) is -1.17. The first kappa shape index (κ1) is 15.3. The van der Waals surface area contributed by atoms with Crippen LogP contribution in [-0.2, 0) is 4.79 Å². The fourth-order valence-electron chi connectivity index (χ4n) is 2.13. The predicted octanol–water partition coefficient (Wildman–Crippen LogP) is 3.41. The molecule has 104 valence electrons. The van der Waals surface area contributed by atoms with Gasteiger partial charge in [0.25, 0.3) is 0 Å². The Kier molecular flexibility index (Phi) is 5.16. The molecule has 1 aromatic carbocycles. The molecule has 0 heterocycles. The average Bonchev–Trinajstić information content (AvgIpc) is 2.25. The predicted molar refractivity (Wildman–Crippen MR) is 79.7 cm³/mol. The Hall–Kier alpha value is -1.77. The Morgan fingerprint density at radius 2 is 1.84 bits per heavy atom. The lowest BCUT2D eigenvalue weighted by Gasteiger charge is -2.27. The fourth-order valence-corrected chi connectivity index (χ4v) is 2.13. The molecule has 0 bridgehead atoms. The van der Waals surface area contributed by atoms with Crippen molar-refractivity contribution in [1.29, 1.82) is 0 Å². The number of aliphatic carboxylic acids is 1. The molecule has 0 radical (unpaired) electrons. The molecule has 3 heteroatoms. The fraction of sp³-hybridized carbons (Fsp3) is 0.438. The van der Waals surface area contributed by atoms with Crippen molar-refractivity contribution >= 4 is 11.7 Å². The van der Waals surface area contributed by atoms with Crippen molar-refractivity contribution in [2.24, 2.45) is 5.92 Å². The zero-order valence-corrected chi connectivity index (χ0v) is 12.2. The van der Waals surface area contributed by atoms with Crippen molar-refractivity contribution in [3.05, 3.63) is 41.5 Å². The first-order valence-corrected chi connectivity index (χ1v) is 6.50. The highest BCUT2D eigenvalue weighted by Gasteiger charge is 2.17. The lowest BCUT2D eigenvalue weighted by atomic mass is 10.1. The summed E-state index contributed by atoms with van der Waals surface area (Å²) in [7, 11) is 0. The molecular weight excluding hydrogens is 238 g/mol. The number of carboxylic acid groups (broad SMARTS) is 1. The smallest absolute Gasteiger partial charge is 0.308 e. The maximum Gasteiger partial charge on any atom is 0.308 e. The summed E-state index contributed by atoms with van der Waals surface area (Å²) < 4.78 is 0. The van der Waals surface area contributed by atoms with E-state index in [1.807, 2.05) is 6.92 Å². The topological polar surface area (TPSA) is 40.5 Å². The number of nitrogens with zero attached hydrogens (tertiary/aromatic N) is 1. The molecule has 0 aromatic heterocycles. The first-order chi connectivity index (χ1) is 8.79. The largest absolute Gasteiger partial charge is 0.481 e. The molecule has 0 amide bonds. The molecule has 0 spiro atoms. The van der Waals surface area contributed by atoms with E-state index in [0.29, 0.717) is 13.1 Å². The van der Waals surface area contributed by atoms with Crippen LogP contribution in [0.2, 0.25) is 0 Å². The Morgan fingerprint density at radius 3 is 2.26 bits per heavy atom. The van der Waals surface area contributed by atoms with Gasteiger partial charge in [0.05, 0.1) is 5.92 Å². The lowest BCUT2D eigenvalue weighted by Crippen LogP contribution is -2.33. The van der Waals surface area contributed by atoms with E-state index in [1.54, 1.807) is 6.92 Å². The third-order valence-corrected chi connectivity index (χ3v) is 2.95.